The molecule has 80 valence electrons. The molecule has 0 aromatic carbocycles. The maximum absolute atomic E-state index is 11.8. The van der Waals surface area contributed by atoms with E-state index in [1.807, 2.05) is 6.07 Å². The zero-order valence-electron chi connectivity index (χ0n) is 8.95. The Hall–Kier alpha value is -1.58. The van der Waals surface area contributed by atoms with Crippen molar-refractivity contribution in [2.75, 3.05) is 10.6 Å². The average Bonchev–Trinajstić information content (AvgIpc) is 2.27. The van der Waals surface area contributed by atoms with Crippen LogP contribution in [0.1, 0.15) is 20.3 Å². The van der Waals surface area contributed by atoms with E-state index in [2.05, 4.69) is 29.5 Å². The molecular weight excluding hydrogens is 190 g/mol. The van der Waals surface area contributed by atoms with Crippen LogP contribution in [0.3, 0.4) is 0 Å². The Morgan fingerprint density at radius 2 is 2.33 bits per heavy atom. The summed E-state index contributed by atoms with van der Waals surface area (Å²) in [5, 5.41) is 6.11. The standard InChI is InChI=1S/C11H15N3O/c1-3-7(2)10-11(15)14-9-6-12-5-4-8(9)13-10/h4-7,10,13H,3H2,1-2H3,(H,14,15). The molecule has 15 heavy (non-hydrogen) atoms. The van der Waals surface area contributed by atoms with E-state index in [0.717, 1.165) is 17.8 Å². The number of fused-ring (bicyclic) bond motifs is 1. The van der Waals surface area contributed by atoms with Gasteiger partial charge in [0.15, 0.2) is 0 Å². The highest BCUT2D eigenvalue weighted by Crippen LogP contribution is 2.27. The van der Waals surface area contributed by atoms with E-state index in [0.29, 0.717) is 5.92 Å². The van der Waals surface area contributed by atoms with Crippen molar-refractivity contribution in [3.8, 4) is 0 Å². The molecule has 0 spiro atoms. The first-order chi connectivity index (χ1) is 7.22. The monoisotopic (exact) mass is 205 g/mol. The highest BCUT2D eigenvalue weighted by atomic mass is 16.2. The fourth-order valence-corrected chi connectivity index (χ4v) is 1.70. The third-order valence-corrected chi connectivity index (χ3v) is 2.89. The second-order valence-corrected chi connectivity index (χ2v) is 3.92. The molecule has 1 aliphatic heterocycles. The van der Waals surface area contributed by atoms with Gasteiger partial charge < -0.3 is 10.6 Å². The van der Waals surface area contributed by atoms with Gasteiger partial charge in [0.1, 0.15) is 6.04 Å². The number of carbonyl (C=O) groups excluding carboxylic acids is 1. The lowest BCUT2D eigenvalue weighted by molar-refractivity contribution is -0.118. The van der Waals surface area contributed by atoms with Crippen LogP contribution in [0.2, 0.25) is 0 Å². The molecule has 0 radical (unpaired) electrons. The number of anilines is 2. The largest absolute Gasteiger partial charge is 0.372 e. The molecule has 0 fully saturated rings. The van der Waals surface area contributed by atoms with Crippen LogP contribution in [-0.4, -0.2) is 16.9 Å². The number of nitrogens with one attached hydrogen (secondary N) is 2. The first-order valence-corrected chi connectivity index (χ1v) is 5.23. The van der Waals surface area contributed by atoms with E-state index in [1.54, 1.807) is 12.4 Å². The van der Waals surface area contributed by atoms with E-state index in [1.165, 1.54) is 0 Å². The van der Waals surface area contributed by atoms with Crippen molar-refractivity contribution < 1.29 is 4.79 Å². The lowest BCUT2D eigenvalue weighted by atomic mass is 9.96. The van der Waals surface area contributed by atoms with Gasteiger partial charge in [-0.1, -0.05) is 20.3 Å². The first kappa shape index (κ1) is 9.96. The summed E-state index contributed by atoms with van der Waals surface area (Å²) in [5.41, 5.74) is 1.72. The van der Waals surface area contributed by atoms with Crippen LogP contribution in [0.4, 0.5) is 11.4 Å². The first-order valence-electron chi connectivity index (χ1n) is 5.23. The fourth-order valence-electron chi connectivity index (χ4n) is 1.70. The van der Waals surface area contributed by atoms with Crippen LogP contribution in [0.25, 0.3) is 0 Å². The minimum atomic E-state index is -0.134. The van der Waals surface area contributed by atoms with Gasteiger partial charge in [-0.3, -0.25) is 9.78 Å². The number of hydrogen-bond acceptors (Lipinski definition) is 3. The Labute approximate surface area is 89.1 Å². The molecule has 0 bridgehead atoms. The smallest absolute Gasteiger partial charge is 0.247 e. The summed E-state index contributed by atoms with van der Waals surface area (Å²) in [5.74, 6) is 0.358. The van der Waals surface area contributed by atoms with Crippen LogP contribution in [0, 0.1) is 5.92 Å². The van der Waals surface area contributed by atoms with Crippen molar-refractivity contribution >= 4 is 17.3 Å². The van der Waals surface area contributed by atoms with Gasteiger partial charge in [0.25, 0.3) is 0 Å². The Bertz CT molecular complexity index is 378. The lowest BCUT2D eigenvalue weighted by Crippen LogP contribution is -2.43. The summed E-state index contributed by atoms with van der Waals surface area (Å²) >= 11 is 0. The number of pyridine rings is 1. The van der Waals surface area contributed by atoms with Crippen molar-refractivity contribution in [2.45, 2.75) is 26.3 Å². The van der Waals surface area contributed by atoms with Crippen LogP contribution < -0.4 is 10.6 Å². The average molecular weight is 205 g/mol. The number of carbonyl (C=O) groups is 1. The van der Waals surface area contributed by atoms with E-state index in [-0.39, 0.29) is 11.9 Å². The molecule has 0 saturated carbocycles. The maximum Gasteiger partial charge on any atom is 0.247 e. The van der Waals surface area contributed by atoms with Gasteiger partial charge in [0.05, 0.1) is 17.6 Å². The molecule has 1 amide bonds. The van der Waals surface area contributed by atoms with Gasteiger partial charge in [0, 0.05) is 6.20 Å². The summed E-state index contributed by atoms with van der Waals surface area (Å²) in [6.45, 7) is 4.16. The zero-order chi connectivity index (χ0) is 10.8. The predicted molar refractivity (Wildman–Crippen MR) is 59.7 cm³/mol. The molecule has 0 saturated heterocycles. The van der Waals surface area contributed by atoms with Gasteiger partial charge in [-0.2, -0.15) is 0 Å². The van der Waals surface area contributed by atoms with Crippen LogP contribution in [0.15, 0.2) is 18.5 Å². The molecule has 2 unspecified atom stereocenters. The third kappa shape index (κ3) is 1.79. The normalized spacial score (nSPS) is 21.2. The molecule has 4 nitrogen and oxygen atoms in total. The van der Waals surface area contributed by atoms with Crippen LogP contribution >= 0.6 is 0 Å². The van der Waals surface area contributed by atoms with Crippen molar-refractivity contribution in [1.29, 1.82) is 0 Å². The molecule has 2 heterocycles. The predicted octanol–water partition coefficient (Wildman–Crippen LogP) is 1.86. The van der Waals surface area contributed by atoms with E-state index < -0.39 is 0 Å². The second-order valence-electron chi connectivity index (χ2n) is 3.92. The number of aromatic nitrogens is 1. The zero-order valence-corrected chi connectivity index (χ0v) is 8.95. The van der Waals surface area contributed by atoms with E-state index >= 15 is 0 Å². The summed E-state index contributed by atoms with van der Waals surface area (Å²) < 4.78 is 0. The van der Waals surface area contributed by atoms with Crippen molar-refractivity contribution in [3.05, 3.63) is 18.5 Å². The molecule has 1 aliphatic rings. The molecule has 2 atom stereocenters. The summed E-state index contributed by atoms with van der Waals surface area (Å²) in [4.78, 5) is 15.7. The highest BCUT2D eigenvalue weighted by molar-refractivity contribution is 6.02. The van der Waals surface area contributed by atoms with Gasteiger partial charge in [-0.25, -0.2) is 0 Å². The second kappa shape index (κ2) is 3.88. The molecule has 4 heteroatoms. The number of amides is 1. The van der Waals surface area contributed by atoms with Gasteiger partial charge in [-0.05, 0) is 12.0 Å². The quantitative estimate of drug-likeness (QED) is 0.774. The maximum atomic E-state index is 11.8. The van der Waals surface area contributed by atoms with Gasteiger partial charge in [-0.15, -0.1) is 0 Å². The van der Waals surface area contributed by atoms with E-state index in [9.17, 15) is 4.79 Å². The molecule has 2 N–H and O–H groups in total. The summed E-state index contributed by atoms with van der Waals surface area (Å²) in [6, 6.07) is 1.74. The highest BCUT2D eigenvalue weighted by Gasteiger charge is 2.28. The Balaban J connectivity index is 2.26. The molecular formula is C11H15N3O. The van der Waals surface area contributed by atoms with Crippen LogP contribution in [-0.2, 0) is 4.79 Å². The van der Waals surface area contributed by atoms with Crippen LogP contribution in [0.5, 0.6) is 0 Å². The van der Waals surface area contributed by atoms with Crippen molar-refractivity contribution in [3.63, 3.8) is 0 Å². The minimum absolute atomic E-state index is 0.0323. The van der Waals surface area contributed by atoms with Crippen molar-refractivity contribution in [2.24, 2.45) is 5.92 Å². The van der Waals surface area contributed by atoms with E-state index in [4.69, 9.17) is 0 Å². The molecule has 1 aromatic rings. The number of rotatable bonds is 2. The summed E-state index contributed by atoms with van der Waals surface area (Å²) in [6.07, 6.45) is 4.36. The Morgan fingerprint density at radius 3 is 3.07 bits per heavy atom. The minimum Gasteiger partial charge on any atom is -0.372 e. The molecule has 0 aliphatic carbocycles. The number of hydrogen-bond donors (Lipinski definition) is 2. The Morgan fingerprint density at radius 1 is 1.53 bits per heavy atom. The van der Waals surface area contributed by atoms with Gasteiger partial charge in [0.2, 0.25) is 5.91 Å². The molecule has 1 aromatic heterocycles. The Kier molecular flexibility index (Phi) is 2.58. The SMILES string of the molecule is CCC(C)C1Nc2ccncc2NC1=O. The molecule has 2 rings (SSSR count). The number of nitrogens with zero attached hydrogens (tertiary/aromatic N) is 1. The lowest BCUT2D eigenvalue weighted by Gasteiger charge is -2.29. The topological polar surface area (TPSA) is 54.0 Å². The van der Waals surface area contributed by atoms with Crippen molar-refractivity contribution in [1.82, 2.24) is 4.98 Å². The summed E-state index contributed by atoms with van der Waals surface area (Å²) in [7, 11) is 0. The fraction of sp³-hybridized carbons (Fsp3) is 0.455. The third-order valence-electron chi connectivity index (χ3n) is 2.89. The van der Waals surface area contributed by atoms with Gasteiger partial charge >= 0.3 is 0 Å².